The number of benzene rings is 1. The Morgan fingerprint density at radius 2 is 1.54 bits per heavy atom. The Balaban J connectivity index is 2.59. The molecule has 1 aliphatic rings. The highest BCUT2D eigenvalue weighted by Gasteiger charge is 2.57. The van der Waals surface area contributed by atoms with Crippen LogP contribution in [0.1, 0.15) is 52.5 Å². The molecule has 0 spiro atoms. The number of ether oxygens (including phenoxy) is 2. The van der Waals surface area contributed by atoms with E-state index in [9.17, 15) is 24.6 Å². The summed E-state index contributed by atoms with van der Waals surface area (Å²) in [5.74, 6) is -5.31. The standard InChI is InChI=1S/C21H28O7/c1-11(2)27-19(24)17-15(23)10-21(5,26)18(20(25)28-12(3)4)16(17)13-6-8-14(22)9-7-13/h6-9,11-12,16-18,22,26H,10H2,1-5H3/t16-,17+,18-,21-/m0/s1. The summed E-state index contributed by atoms with van der Waals surface area (Å²) in [4.78, 5) is 38.4. The molecule has 1 saturated carbocycles. The van der Waals surface area contributed by atoms with E-state index in [1.165, 1.54) is 31.2 Å². The average Bonchev–Trinajstić information content (AvgIpc) is 2.52. The molecular formula is C21H28O7. The number of phenols is 1. The summed E-state index contributed by atoms with van der Waals surface area (Å²) < 4.78 is 10.6. The number of phenolic OH excluding ortho intramolecular Hbond substituents is 1. The van der Waals surface area contributed by atoms with Gasteiger partial charge in [0, 0.05) is 12.3 Å². The lowest BCUT2D eigenvalue weighted by atomic mass is 9.61. The summed E-state index contributed by atoms with van der Waals surface area (Å²) in [6, 6.07) is 5.86. The maximum Gasteiger partial charge on any atom is 0.317 e. The van der Waals surface area contributed by atoms with E-state index >= 15 is 0 Å². The first-order valence-electron chi connectivity index (χ1n) is 9.39. The van der Waals surface area contributed by atoms with Gasteiger partial charge in [-0.05, 0) is 52.3 Å². The van der Waals surface area contributed by atoms with Gasteiger partial charge in [-0.15, -0.1) is 0 Å². The van der Waals surface area contributed by atoms with Crippen LogP contribution in [0.2, 0.25) is 0 Å². The minimum atomic E-state index is -1.69. The molecule has 1 fully saturated rings. The van der Waals surface area contributed by atoms with Crippen LogP contribution < -0.4 is 0 Å². The van der Waals surface area contributed by atoms with Gasteiger partial charge in [-0.3, -0.25) is 14.4 Å². The molecule has 0 amide bonds. The largest absolute Gasteiger partial charge is 0.508 e. The fourth-order valence-electron chi connectivity index (χ4n) is 3.72. The van der Waals surface area contributed by atoms with Crippen LogP contribution >= 0.6 is 0 Å². The number of aliphatic hydroxyl groups is 1. The average molecular weight is 392 g/mol. The van der Waals surface area contributed by atoms with Crippen LogP contribution in [0, 0.1) is 11.8 Å². The molecule has 7 heteroatoms. The maximum absolute atomic E-state index is 12.9. The maximum atomic E-state index is 12.9. The van der Waals surface area contributed by atoms with Crippen molar-refractivity contribution in [2.75, 3.05) is 0 Å². The summed E-state index contributed by atoms with van der Waals surface area (Å²) in [7, 11) is 0. The van der Waals surface area contributed by atoms with E-state index in [4.69, 9.17) is 9.47 Å². The van der Waals surface area contributed by atoms with Gasteiger partial charge in [-0.2, -0.15) is 0 Å². The van der Waals surface area contributed by atoms with Gasteiger partial charge in [-0.1, -0.05) is 12.1 Å². The summed E-state index contributed by atoms with van der Waals surface area (Å²) in [6.07, 6.45) is -1.23. The molecule has 0 saturated heterocycles. The van der Waals surface area contributed by atoms with E-state index in [0.717, 1.165) is 0 Å². The summed E-state index contributed by atoms with van der Waals surface area (Å²) in [5.41, 5.74) is -1.23. The Labute approximate surface area is 164 Å². The lowest BCUT2D eigenvalue weighted by molar-refractivity contribution is -0.176. The summed E-state index contributed by atoms with van der Waals surface area (Å²) in [6.45, 7) is 8.10. The molecule has 0 aliphatic heterocycles. The molecule has 1 aliphatic carbocycles. The zero-order valence-electron chi connectivity index (χ0n) is 16.8. The van der Waals surface area contributed by atoms with E-state index in [-0.39, 0.29) is 12.2 Å². The zero-order chi connectivity index (χ0) is 21.2. The predicted octanol–water partition coefficient (Wildman–Crippen LogP) is 2.34. The molecular weight excluding hydrogens is 364 g/mol. The number of Topliss-reactive ketones (excluding diaryl/α,β-unsaturated/α-hetero) is 1. The second-order valence-corrected chi connectivity index (χ2v) is 8.04. The third-order valence-electron chi connectivity index (χ3n) is 4.76. The van der Waals surface area contributed by atoms with E-state index in [0.29, 0.717) is 5.56 Å². The first-order valence-corrected chi connectivity index (χ1v) is 9.39. The van der Waals surface area contributed by atoms with Crippen LogP contribution in [0.5, 0.6) is 5.75 Å². The molecule has 1 aromatic carbocycles. The quantitative estimate of drug-likeness (QED) is 0.584. The minimum absolute atomic E-state index is 0.000241. The number of carbonyl (C=O) groups excluding carboxylic acids is 3. The fourth-order valence-corrected chi connectivity index (χ4v) is 3.72. The molecule has 7 nitrogen and oxygen atoms in total. The van der Waals surface area contributed by atoms with Crippen LogP contribution in [-0.2, 0) is 23.9 Å². The Morgan fingerprint density at radius 1 is 1.04 bits per heavy atom. The molecule has 0 radical (unpaired) electrons. The number of ketones is 1. The molecule has 4 atom stereocenters. The van der Waals surface area contributed by atoms with E-state index < -0.39 is 53.3 Å². The van der Waals surface area contributed by atoms with Crippen molar-refractivity contribution in [1.82, 2.24) is 0 Å². The zero-order valence-corrected chi connectivity index (χ0v) is 16.8. The lowest BCUT2D eigenvalue weighted by Crippen LogP contribution is -2.55. The van der Waals surface area contributed by atoms with Crippen LogP contribution in [0.4, 0.5) is 0 Å². The molecule has 0 unspecified atom stereocenters. The number of hydrogen-bond acceptors (Lipinski definition) is 7. The Kier molecular flexibility index (Phi) is 6.49. The number of hydrogen-bond donors (Lipinski definition) is 2. The van der Waals surface area contributed by atoms with Gasteiger partial charge in [0.2, 0.25) is 0 Å². The molecule has 0 heterocycles. The van der Waals surface area contributed by atoms with Crippen molar-refractivity contribution in [3.63, 3.8) is 0 Å². The Morgan fingerprint density at radius 3 is 2.04 bits per heavy atom. The second kappa shape index (κ2) is 8.31. The monoisotopic (exact) mass is 392 g/mol. The normalized spacial score (nSPS) is 27.7. The van der Waals surface area contributed by atoms with Crippen molar-refractivity contribution in [2.24, 2.45) is 11.8 Å². The van der Waals surface area contributed by atoms with Crippen LogP contribution in [0.15, 0.2) is 24.3 Å². The van der Waals surface area contributed by atoms with Crippen molar-refractivity contribution >= 4 is 17.7 Å². The van der Waals surface area contributed by atoms with Gasteiger partial charge < -0.3 is 19.7 Å². The number of carbonyl (C=O) groups is 3. The smallest absolute Gasteiger partial charge is 0.317 e. The van der Waals surface area contributed by atoms with Gasteiger partial charge in [0.25, 0.3) is 0 Å². The van der Waals surface area contributed by atoms with Crippen LogP contribution in [-0.4, -0.2) is 45.7 Å². The van der Waals surface area contributed by atoms with Crippen molar-refractivity contribution in [2.45, 2.75) is 64.8 Å². The van der Waals surface area contributed by atoms with E-state index in [2.05, 4.69) is 0 Å². The minimum Gasteiger partial charge on any atom is -0.508 e. The third kappa shape index (κ3) is 4.70. The highest BCUT2D eigenvalue weighted by molar-refractivity contribution is 6.02. The summed E-state index contributed by atoms with van der Waals surface area (Å²) >= 11 is 0. The molecule has 28 heavy (non-hydrogen) atoms. The van der Waals surface area contributed by atoms with Crippen molar-refractivity contribution < 1.29 is 34.1 Å². The highest BCUT2D eigenvalue weighted by atomic mass is 16.5. The van der Waals surface area contributed by atoms with Gasteiger partial charge in [-0.25, -0.2) is 0 Å². The second-order valence-electron chi connectivity index (χ2n) is 8.04. The van der Waals surface area contributed by atoms with Crippen LogP contribution in [0.3, 0.4) is 0 Å². The molecule has 0 bridgehead atoms. The Bertz CT molecular complexity index is 726. The topological polar surface area (TPSA) is 110 Å². The van der Waals surface area contributed by atoms with Crippen molar-refractivity contribution in [3.8, 4) is 5.75 Å². The molecule has 1 aromatic rings. The summed E-state index contributed by atoms with van der Waals surface area (Å²) in [5, 5.41) is 20.5. The number of esters is 2. The van der Waals surface area contributed by atoms with Gasteiger partial charge >= 0.3 is 11.9 Å². The van der Waals surface area contributed by atoms with E-state index in [1.54, 1.807) is 27.7 Å². The Hall–Kier alpha value is -2.41. The lowest BCUT2D eigenvalue weighted by Gasteiger charge is -2.44. The third-order valence-corrected chi connectivity index (χ3v) is 4.76. The predicted molar refractivity (Wildman–Crippen MR) is 101 cm³/mol. The van der Waals surface area contributed by atoms with Crippen molar-refractivity contribution in [3.05, 3.63) is 29.8 Å². The van der Waals surface area contributed by atoms with Gasteiger partial charge in [0.15, 0.2) is 5.78 Å². The van der Waals surface area contributed by atoms with E-state index in [1.807, 2.05) is 0 Å². The highest BCUT2D eigenvalue weighted by Crippen LogP contribution is 2.47. The molecule has 0 aromatic heterocycles. The molecule has 154 valence electrons. The van der Waals surface area contributed by atoms with Crippen molar-refractivity contribution in [1.29, 1.82) is 0 Å². The van der Waals surface area contributed by atoms with Crippen LogP contribution in [0.25, 0.3) is 0 Å². The SMILES string of the molecule is CC(C)OC(=O)[C@@H]1C(=O)C[C@](C)(O)[C@H](C(=O)OC(C)C)[C@H]1c1ccc(O)cc1. The number of rotatable bonds is 5. The van der Waals surface area contributed by atoms with Gasteiger partial charge in [0.1, 0.15) is 11.7 Å². The first-order chi connectivity index (χ1) is 12.9. The molecule has 2 rings (SSSR count). The first kappa shape index (κ1) is 21.9. The van der Waals surface area contributed by atoms with Gasteiger partial charge in [0.05, 0.1) is 23.7 Å². The fraction of sp³-hybridized carbons (Fsp3) is 0.571. The number of aromatic hydroxyl groups is 1. The molecule has 2 N–H and O–H groups in total.